The number of carbonyl (C=O) groups is 1. The molecule has 0 fully saturated rings. The Kier molecular flexibility index (Phi) is 3.35. The number of hydrogen-bond acceptors (Lipinski definition) is 1. The van der Waals surface area contributed by atoms with Gasteiger partial charge in [-0.05, 0) is 16.8 Å². The molecule has 2 aromatic carbocycles. The van der Waals surface area contributed by atoms with E-state index in [9.17, 15) is 4.79 Å². The number of benzene rings is 2. The minimum absolute atomic E-state index is 0. The van der Waals surface area contributed by atoms with Gasteiger partial charge in [-0.3, -0.25) is 4.79 Å². The monoisotopic (exact) mass is 178 g/mol. The molecule has 0 saturated heterocycles. The first kappa shape index (κ1) is 10.8. The Morgan fingerprint density at radius 3 is 2.36 bits per heavy atom. The summed E-state index contributed by atoms with van der Waals surface area (Å²) in [4.78, 5) is 11.0. The number of hydrogen-bond donors (Lipinski definition) is 1. The van der Waals surface area contributed by atoms with Gasteiger partial charge in [0, 0.05) is 24.4 Å². The molecule has 1 radical (unpaired) electrons. The van der Waals surface area contributed by atoms with Crippen LogP contribution in [0.1, 0.15) is 10.4 Å². The summed E-state index contributed by atoms with van der Waals surface area (Å²) >= 11 is 0. The molecule has 2 rings (SSSR count). The van der Waals surface area contributed by atoms with E-state index in [1.54, 1.807) is 6.07 Å². The molecule has 0 aromatic heterocycles. The second-order valence-corrected chi connectivity index (χ2v) is 2.89. The van der Waals surface area contributed by atoms with Crippen LogP contribution in [0.25, 0.3) is 10.8 Å². The molecule has 0 aliphatic carbocycles. The van der Waals surface area contributed by atoms with Crippen LogP contribution in [0, 0.1) is 0 Å². The van der Waals surface area contributed by atoms with Crippen LogP contribution in [0.4, 0.5) is 0 Å². The van der Waals surface area contributed by atoms with Gasteiger partial charge in [0.05, 0.1) is 0 Å². The fourth-order valence-electron chi connectivity index (χ4n) is 1.44. The first-order valence-corrected chi connectivity index (χ1v) is 4.06. The van der Waals surface area contributed by atoms with E-state index in [0.717, 1.165) is 10.8 Å². The summed E-state index contributed by atoms with van der Waals surface area (Å²) in [5.74, 6) is -0.378. The Morgan fingerprint density at radius 2 is 1.64 bits per heavy atom. The van der Waals surface area contributed by atoms with Gasteiger partial charge in [0.1, 0.15) is 0 Å². The average molecular weight is 178 g/mol. The Labute approximate surface area is 94.3 Å². The third-order valence-corrected chi connectivity index (χ3v) is 2.06. The van der Waals surface area contributed by atoms with Crippen LogP contribution in [-0.2, 0) is 0 Å². The molecular weight excluding hydrogens is 169 g/mol. The summed E-state index contributed by atoms with van der Waals surface area (Å²) in [6, 6.07) is 13.2. The van der Waals surface area contributed by atoms with E-state index in [0.29, 0.717) is 5.56 Å². The number of primary amides is 1. The molecule has 2 nitrogen and oxygen atoms in total. The maximum Gasteiger partial charge on any atom is 0.249 e. The molecule has 2 N–H and O–H groups in total. The van der Waals surface area contributed by atoms with E-state index in [1.807, 2.05) is 36.4 Å². The zero-order valence-corrected chi connectivity index (χ0v) is 8.03. The number of amides is 1. The zero-order chi connectivity index (χ0) is 9.26. The first-order valence-electron chi connectivity index (χ1n) is 4.06. The van der Waals surface area contributed by atoms with E-state index in [4.69, 9.17) is 5.73 Å². The van der Waals surface area contributed by atoms with Crippen molar-refractivity contribution in [1.82, 2.24) is 0 Å². The van der Waals surface area contributed by atoms with Gasteiger partial charge in [0.15, 0.2) is 0 Å². The molecule has 3 heteroatoms. The maximum atomic E-state index is 11.0. The number of carbonyl (C=O) groups excluding carboxylic acids is 1. The van der Waals surface area contributed by atoms with Gasteiger partial charge in [-0.15, -0.1) is 0 Å². The van der Waals surface area contributed by atoms with Crippen molar-refractivity contribution in [3.8, 4) is 0 Å². The fourth-order valence-corrected chi connectivity index (χ4v) is 1.44. The Hall–Kier alpha value is -1.23. The molecule has 0 spiro atoms. The van der Waals surface area contributed by atoms with Crippen molar-refractivity contribution < 1.29 is 4.79 Å². The second-order valence-electron chi connectivity index (χ2n) is 2.89. The quantitative estimate of drug-likeness (QED) is 0.661. The Bertz CT molecular complexity index is 462. The van der Waals surface area contributed by atoms with Crippen molar-refractivity contribution in [2.75, 3.05) is 0 Å². The minimum atomic E-state index is -0.378. The van der Waals surface area contributed by atoms with Gasteiger partial charge >= 0.3 is 0 Å². The molecule has 0 atom stereocenters. The van der Waals surface area contributed by atoms with Crippen LogP contribution < -0.4 is 5.73 Å². The van der Waals surface area contributed by atoms with E-state index in [1.165, 1.54) is 0 Å². The van der Waals surface area contributed by atoms with Crippen molar-refractivity contribution in [1.29, 1.82) is 0 Å². The average Bonchev–Trinajstić information content (AvgIpc) is 2.17. The van der Waals surface area contributed by atoms with Crippen LogP contribution in [-0.4, -0.2) is 24.8 Å². The van der Waals surface area contributed by atoms with Crippen LogP contribution >= 0.6 is 0 Å². The molecule has 0 aliphatic heterocycles. The number of fused-ring (bicyclic) bond motifs is 1. The molecule has 0 unspecified atom stereocenters. The summed E-state index contributed by atoms with van der Waals surface area (Å²) in [6.07, 6.45) is 0. The van der Waals surface area contributed by atoms with Crippen molar-refractivity contribution in [3.05, 3.63) is 48.0 Å². The molecule has 0 bridgehead atoms. The largest absolute Gasteiger partial charge is 0.366 e. The van der Waals surface area contributed by atoms with Crippen LogP contribution in [0.3, 0.4) is 0 Å². The van der Waals surface area contributed by atoms with Gasteiger partial charge in [0.2, 0.25) is 5.91 Å². The van der Waals surface area contributed by atoms with Crippen molar-refractivity contribution in [3.63, 3.8) is 0 Å². The fraction of sp³-hybridized carbons (Fsp3) is 0. The van der Waals surface area contributed by atoms with Gasteiger partial charge < -0.3 is 5.73 Å². The Morgan fingerprint density at radius 1 is 1.00 bits per heavy atom. The summed E-state index contributed by atoms with van der Waals surface area (Å²) in [6.45, 7) is 0. The predicted octanol–water partition coefficient (Wildman–Crippen LogP) is 1.56. The normalized spacial score (nSPS) is 9.43. The van der Waals surface area contributed by atoms with Gasteiger partial charge in [-0.1, -0.05) is 36.4 Å². The van der Waals surface area contributed by atoms with Gasteiger partial charge in [-0.2, -0.15) is 0 Å². The molecule has 0 heterocycles. The minimum Gasteiger partial charge on any atom is -0.366 e. The third-order valence-electron chi connectivity index (χ3n) is 2.06. The molecule has 65 valence electrons. The third kappa shape index (κ3) is 1.82. The van der Waals surface area contributed by atoms with Crippen LogP contribution in [0.2, 0.25) is 0 Å². The van der Waals surface area contributed by atoms with Crippen molar-refractivity contribution >= 4 is 35.5 Å². The summed E-state index contributed by atoms with van der Waals surface area (Å²) in [5.41, 5.74) is 5.82. The van der Waals surface area contributed by atoms with Crippen LogP contribution in [0.5, 0.6) is 0 Å². The van der Waals surface area contributed by atoms with E-state index < -0.39 is 0 Å². The molecule has 2 aromatic rings. The maximum absolute atomic E-state index is 11.0. The van der Waals surface area contributed by atoms with E-state index in [2.05, 4.69) is 0 Å². The van der Waals surface area contributed by atoms with Gasteiger partial charge in [0.25, 0.3) is 0 Å². The molecule has 0 saturated carbocycles. The standard InChI is InChI=1S/C11H9NO.Li/c12-11(13)10-7-3-5-8-4-1-2-6-9(8)10;/h1-7H,(H2,12,13);. The molecule has 14 heavy (non-hydrogen) atoms. The van der Waals surface area contributed by atoms with Crippen LogP contribution in [0.15, 0.2) is 42.5 Å². The topological polar surface area (TPSA) is 43.1 Å². The van der Waals surface area contributed by atoms with Crippen molar-refractivity contribution in [2.24, 2.45) is 5.73 Å². The molecule has 1 amide bonds. The zero-order valence-electron chi connectivity index (χ0n) is 8.03. The van der Waals surface area contributed by atoms with E-state index >= 15 is 0 Å². The molecule has 0 aliphatic rings. The summed E-state index contributed by atoms with van der Waals surface area (Å²) in [5, 5.41) is 1.95. The first-order chi connectivity index (χ1) is 6.29. The number of nitrogens with two attached hydrogens (primary N) is 1. The Balaban J connectivity index is 0.000000980. The summed E-state index contributed by atoms with van der Waals surface area (Å²) < 4.78 is 0. The van der Waals surface area contributed by atoms with E-state index in [-0.39, 0.29) is 24.8 Å². The SMILES string of the molecule is NC(=O)c1cccc2ccccc12.[Li]. The van der Waals surface area contributed by atoms with Crippen molar-refractivity contribution in [2.45, 2.75) is 0 Å². The predicted molar refractivity (Wildman–Crippen MR) is 58.2 cm³/mol. The summed E-state index contributed by atoms with van der Waals surface area (Å²) in [7, 11) is 0. The molecular formula is C11H9LiNO. The second kappa shape index (κ2) is 4.32. The van der Waals surface area contributed by atoms with Gasteiger partial charge in [-0.25, -0.2) is 0 Å². The number of rotatable bonds is 1. The smallest absolute Gasteiger partial charge is 0.249 e.